The smallest absolute Gasteiger partial charge is 0.338 e. The summed E-state index contributed by atoms with van der Waals surface area (Å²) in [6, 6.07) is 18.1. The van der Waals surface area contributed by atoms with Gasteiger partial charge in [0.25, 0.3) is 0 Å². The van der Waals surface area contributed by atoms with Crippen molar-refractivity contribution in [2.24, 2.45) is 5.92 Å². The van der Waals surface area contributed by atoms with Gasteiger partial charge >= 0.3 is 17.9 Å². The summed E-state index contributed by atoms with van der Waals surface area (Å²) in [5.74, 6) is -2.17. The third kappa shape index (κ3) is 6.63. The van der Waals surface area contributed by atoms with E-state index < -0.39 is 42.3 Å². The predicted octanol–water partition coefficient (Wildman–Crippen LogP) is 2.90. The minimum absolute atomic E-state index is 0.122. The lowest BCUT2D eigenvalue weighted by Crippen LogP contribution is -2.38. The molecule has 1 aliphatic heterocycles. The van der Waals surface area contributed by atoms with E-state index in [9.17, 15) is 14.4 Å². The molecule has 1 saturated heterocycles. The van der Waals surface area contributed by atoms with Crippen molar-refractivity contribution in [1.82, 2.24) is 0 Å². The maximum Gasteiger partial charge on any atom is 0.338 e. The molecule has 170 valence electrons. The molecule has 1 fully saturated rings. The van der Waals surface area contributed by atoms with Crippen molar-refractivity contribution in [3.63, 3.8) is 0 Å². The molecule has 8 heteroatoms. The summed E-state index contributed by atoms with van der Waals surface area (Å²) >= 11 is 0. The van der Waals surface area contributed by atoms with Gasteiger partial charge in [0.2, 0.25) is 6.29 Å². The first-order valence-corrected chi connectivity index (χ1v) is 10.3. The number of benzene rings is 2. The Morgan fingerprint density at radius 2 is 1.47 bits per heavy atom. The van der Waals surface area contributed by atoms with Crippen molar-refractivity contribution in [2.45, 2.75) is 39.0 Å². The summed E-state index contributed by atoms with van der Waals surface area (Å²) in [6.07, 6.45) is -2.72. The number of hydrogen-bond donors (Lipinski definition) is 0. The van der Waals surface area contributed by atoms with Gasteiger partial charge in [0, 0.05) is 13.8 Å². The van der Waals surface area contributed by atoms with Gasteiger partial charge in [-0.15, -0.1) is 0 Å². The third-order valence-corrected chi connectivity index (χ3v) is 4.87. The van der Waals surface area contributed by atoms with E-state index in [1.165, 1.54) is 13.8 Å². The topological polar surface area (TPSA) is 97.4 Å². The SMILES string of the molecule is CC(=O)OC1O[C@H](COC(=O)c2ccccc2)[C@@H](COCc2ccccc2)[C@H]1OC(C)=O. The van der Waals surface area contributed by atoms with Gasteiger partial charge in [-0.1, -0.05) is 48.5 Å². The van der Waals surface area contributed by atoms with Gasteiger partial charge in [-0.25, -0.2) is 4.79 Å². The Balaban J connectivity index is 1.70. The Morgan fingerprint density at radius 1 is 0.844 bits per heavy atom. The highest BCUT2D eigenvalue weighted by Crippen LogP contribution is 2.32. The summed E-state index contributed by atoms with van der Waals surface area (Å²) in [7, 11) is 0. The van der Waals surface area contributed by atoms with E-state index >= 15 is 0 Å². The van der Waals surface area contributed by atoms with E-state index in [0.29, 0.717) is 12.2 Å². The molecule has 0 N–H and O–H groups in total. The molecule has 2 aromatic carbocycles. The number of carbonyl (C=O) groups excluding carboxylic acids is 3. The van der Waals surface area contributed by atoms with E-state index in [4.69, 9.17) is 23.7 Å². The molecule has 0 aliphatic carbocycles. The second kappa shape index (κ2) is 11.4. The lowest BCUT2D eigenvalue weighted by atomic mass is 9.99. The second-order valence-corrected chi connectivity index (χ2v) is 7.36. The summed E-state index contributed by atoms with van der Waals surface area (Å²) in [4.78, 5) is 35.6. The number of hydrogen-bond acceptors (Lipinski definition) is 8. The lowest BCUT2D eigenvalue weighted by molar-refractivity contribution is -0.195. The molecule has 1 aliphatic rings. The molecule has 8 nitrogen and oxygen atoms in total. The number of esters is 3. The van der Waals surface area contributed by atoms with Crippen molar-refractivity contribution < 1.29 is 38.1 Å². The molecule has 0 saturated carbocycles. The van der Waals surface area contributed by atoms with Crippen molar-refractivity contribution in [3.8, 4) is 0 Å². The molecular weight excluding hydrogens is 416 g/mol. The second-order valence-electron chi connectivity index (χ2n) is 7.36. The summed E-state index contributed by atoms with van der Waals surface area (Å²) in [5, 5.41) is 0. The molecular formula is C24H26O8. The molecule has 0 aromatic heterocycles. The van der Waals surface area contributed by atoms with Gasteiger partial charge in [-0.3, -0.25) is 9.59 Å². The van der Waals surface area contributed by atoms with Crippen LogP contribution in [0.2, 0.25) is 0 Å². The average Bonchev–Trinajstić information content (AvgIpc) is 3.08. The zero-order chi connectivity index (χ0) is 22.9. The third-order valence-electron chi connectivity index (χ3n) is 4.87. The summed E-state index contributed by atoms with van der Waals surface area (Å²) in [6.45, 7) is 2.84. The van der Waals surface area contributed by atoms with Crippen LogP contribution in [0.5, 0.6) is 0 Å². The van der Waals surface area contributed by atoms with Crippen molar-refractivity contribution in [2.75, 3.05) is 13.2 Å². The quantitative estimate of drug-likeness (QED) is 0.432. The molecule has 0 bridgehead atoms. The Bertz CT molecular complexity index is 899. The van der Waals surface area contributed by atoms with E-state index in [1.807, 2.05) is 30.3 Å². The fourth-order valence-electron chi connectivity index (χ4n) is 3.42. The van der Waals surface area contributed by atoms with Crippen molar-refractivity contribution in [1.29, 1.82) is 0 Å². The summed E-state index contributed by atoms with van der Waals surface area (Å²) in [5.41, 5.74) is 1.37. The average molecular weight is 442 g/mol. The maximum atomic E-state index is 12.3. The minimum atomic E-state index is -1.12. The van der Waals surface area contributed by atoms with Crippen LogP contribution in [0.3, 0.4) is 0 Å². The lowest BCUT2D eigenvalue weighted by Gasteiger charge is -2.23. The molecule has 0 amide bonds. The van der Waals surface area contributed by atoms with Crippen LogP contribution in [0.1, 0.15) is 29.8 Å². The first-order chi connectivity index (χ1) is 15.4. The predicted molar refractivity (Wildman–Crippen MR) is 112 cm³/mol. The Labute approximate surface area is 186 Å². The van der Waals surface area contributed by atoms with Crippen LogP contribution >= 0.6 is 0 Å². The zero-order valence-corrected chi connectivity index (χ0v) is 18.0. The fourth-order valence-corrected chi connectivity index (χ4v) is 3.42. The highest BCUT2D eigenvalue weighted by atomic mass is 16.7. The number of carbonyl (C=O) groups is 3. The molecule has 1 unspecified atom stereocenters. The van der Waals surface area contributed by atoms with Gasteiger partial charge in [0.05, 0.1) is 24.7 Å². The van der Waals surface area contributed by atoms with Crippen molar-refractivity contribution in [3.05, 3.63) is 71.8 Å². The van der Waals surface area contributed by atoms with E-state index in [2.05, 4.69) is 0 Å². The van der Waals surface area contributed by atoms with E-state index in [1.54, 1.807) is 30.3 Å². The first kappa shape index (κ1) is 23.4. The molecule has 4 atom stereocenters. The maximum absolute atomic E-state index is 12.3. The van der Waals surface area contributed by atoms with Gasteiger partial charge in [-0.2, -0.15) is 0 Å². The van der Waals surface area contributed by atoms with Crippen LogP contribution in [0, 0.1) is 5.92 Å². The normalized spacial score (nSPS) is 22.2. The molecule has 3 rings (SSSR count). The van der Waals surface area contributed by atoms with Crippen LogP contribution in [-0.4, -0.2) is 49.6 Å². The zero-order valence-electron chi connectivity index (χ0n) is 18.0. The molecule has 0 radical (unpaired) electrons. The Morgan fingerprint density at radius 3 is 2.09 bits per heavy atom. The van der Waals surface area contributed by atoms with Crippen molar-refractivity contribution >= 4 is 17.9 Å². The van der Waals surface area contributed by atoms with E-state index in [-0.39, 0.29) is 13.2 Å². The van der Waals surface area contributed by atoms with Gasteiger partial charge in [-0.05, 0) is 17.7 Å². The molecule has 1 heterocycles. The van der Waals surface area contributed by atoms with Gasteiger partial charge in [0.1, 0.15) is 12.7 Å². The minimum Gasteiger partial charge on any atom is -0.459 e. The first-order valence-electron chi connectivity index (χ1n) is 10.3. The van der Waals surface area contributed by atoms with Crippen LogP contribution in [-0.2, 0) is 39.9 Å². The molecule has 32 heavy (non-hydrogen) atoms. The van der Waals surface area contributed by atoms with Crippen LogP contribution < -0.4 is 0 Å². The van der Waals surface area contributed by atoms with E-state index in [0.717, 1.165) is 5.56 Å². The highest BCUT2D eigenvalue weighted by molar-refractivity contribution is 5.89. The largest absolute Gasteiger partial charge is 0.459 e. The fraction of sp³-hybridized carbons (Fsp3) is 0.375. The highest BCUT2D eigenvalue weighted by Gasteiger charge is 2.49. The van der Waals surface area contributed by atoms with Crippen LogP contribution in [0.25, 0.3) is 0 Å². The Kier molecular flexibility index (Phi) is 8.35. The number of rotatable bonds is 9. The van der Waals surface area contributed by atoms with Gasteiger partial charge < -0.3 is 23.7 Å². The van der Waals surface area contributed by atoms with Gasteiger partial charge in [0.15, 0.2) is 6.10 Å². The van der Waals surface area contributed by atoms with Crippen LogP contribution in [0.15, 0.2) is 60.7 Å². The standard InChI is InChI=1S/C24H26O8/c1-16(25)30-22-20(14-28-13-18-9-5-3-6-10-18)21(32-24(22)31-17(2)26)15-29-23(27)19-11-7-4-8-12-19/h3-12,20-22,24H,13-15H2,1-2H3/t20-,21-,22-,24?/m1/s1. The summed E-state index contributed by atoms with van der Waals surface area (Å²) < 4.78 is 27.7. The molecule has 2 aromatic rings. The van der Waals surface area contributed by atoms with Crippen LogP contribution in [0.4, 0.5) is 0 Å². The number of ether oxygens (including phenoxy) is 5. The Hall–Kier alpha value is -3.23. The monoisotopic (exact) mass is 442 g/mol. The molecule has 0 spiro atoms.